The Morgan fingerprint density at radius 2 is 1.91 bits per heavy atom. The normalized spacial score (nSPS) is 13.9. The Bertz CT molecular complexity index is 594. The summed E-state index contributed by atoms with van der Waals surface area (Å²) < 4.78 is 5.24. The van der Waals surface area contributed by atoms with Gasteiger partial charge in [-0.1, -0.05) is 12.1 Å². The van der Waals surface area contributed by atoms with E-state index >= 15 is 0 Å². The highest BCUT2D eigenvalue weighted by atomic mass is 16.6. The number of likely N-dealkylation sites (N-methyl/N-ethyl adjacent to an activating group) is 1. The molecule has 0 N–H and O–H groups in total. The monoisotopic (exact) mass is 308 g/mol. The lowest BCUT2D eigenvalue weighted by Gasteiger charge is -2.35. The van der Waals surface area contributed by atoms with Crippen molar-refractivity contribution in [2.24, 2.45) is 0 Å². The first kappa shape index (κ1) is 17.6. The number of non-ortho nitro benzene ring substituents is 1. The fourth-order valence-corrected chi connectivity index (χ4v) is 1.80. The molecule has 1 atom stereocenters. The Hall–Kier alpha value is -2.44. The van der Waals surface area contributed by atoms with Crippen molar-refractivity contribution >= 4 is 18.1 Å². The van der Waals surface area contributed by atoms with E-state index in [2.05, 4.69) is 0 Å². The molecule has 1 aromatic rings. The number of aldehydes is 1. The van der Waals surface area contributed by atoms with Gasteiger partial charge in [0.15, 0.2) is 0 Å². The molecule has 0 aliphatic carbocycles. The van der Waals surface area contributed by atoms with Crippen LogP contribution in [0.4, 0.5) is 10.5 Å². The van der Waals surface area contributed by atoms with E-state index in [4.69, 9.17) is 4.74 Å². The number of nitro benzene ring substituents is 1. The Morgan fingerprint density at radius 1 is 1.32 bits per heavy atom. The van der Waals surface area contributed by atoms with E-state index in [1.807, 2.05) is 0 Å². The van der Waals surface area contributed by atoms with Crippen LogP contribution in [0.25, 0.3) is 0 Å². The van der Waals surface area contributed by atoms with Crippen LogP contribution in [0, 0.1) is 10.1 Å². The van der Waals surface area contributed by atoms with E-state index in [1.165, 1.54) is 32.2 Å². The zero-order valence-electron chi connectivity index (χ0n) is 13.3. The van der Waals surface area contributed by atoms with Crippen LogP contribution in [0.1, 0.15) is 33.3 Å². The number of benzene rings is 1. The standard InChI is InChI=1S/C15H20N2O5/c1-14(2,3)22-13(19)16(5)15(4,10-18)11-7-6-8-12(9-11)17(20)21/h6-10H,1-5H3. The molecule has 1 unspecified atom stereocenters. The number of hydrogen-bond donors (Lipinski definition) is 0. The Morgan fingerprint density at radius 3 is 2.36 bits per heavy atom. The lowest BCUT2D eigenvalue weighted by Crippen LogP contribution is -2.48. The molecule has 120 valence electrons. The minimum Gasteiger partial charge on any atom is -0.444 e. The van der Waals surface area contributed by atoms with Crippen LogP contribution in [0.5, 0.6) is 0 Å². The summed E-state index contributed by atoms with van der Waals surface area (Å²) in [5.41, 5.74) is -1.89. The molecule has 0 aliphatic rings. The number of nitrogens with zero attached hydrogens (tertiary/aromatic N) is 2. The predicted octanol–water partition coefficient (Wildman–Crippen LogP) is 2.88. The van der Waals surface area contributed by atoms with Crippen LogP contribution in [-0.4, -0.2) is 34.9 Å². The van der Waals surface area contributed by atoms with Crippen molar-refractivity contribution in [1.29, 1.82) is 0 Å². The summed E-state index contributed by atoms with van der Waals surface area (Å²) in [5, 5.41) is 10.9. The number of ether oxygens (including phenoxy) is 1. The van der Waals surface area contributed by atoms with Crippen LogP contribution in [0.15, 0.2) is 24.3 Å². The smallest absolute Gasteiger partial charge is 0.411 e. The second-order valence-corrected chi connectivity index (χ2v) is 6.11. The first-order valence-electron chi connectivity index (χ1n) is 6.69. The molecule has 0 radical (unpaired) electrons. The highest BCUT2D eigenvalue weighted by Crippen LogP contribution is 2.29. The maximum Gasteiger partial charge on any atom is 0.411 e. The van der Waals surface area contributed by atoms with Gasteiger partial charge < -0.3 is 9.53 Å². The molecule has 1 aromatic carbocycles. The molecule has 0 saturated heterocycles. The Kier molecular flexibility index (Phi) is 4.91. The van der Waals surface area contributed by atoms with E-state index < -0.39 is 22.2 Å². The molecule has 7 heteroatoms. The van der Waals surface area contributed by atoms with Gasteiger partial charge in [-0.3, -0.25) is 15.0 Å². The first-order valence-corrected chi connectivity index (χ1v) is 6.69. The largest absolute Gasteiger partial charge is 0.444 e. The maximum atomic E-state index is 12.2. The van der Waals surface area contributed by atoms with Crippen molar-refractivity contribution in [1.82, 2.24) is 4.90 Å². The van der Waals surface area contributed by atoms with Crippen LogP contribution in [0.2, 0.25) is 0 Å². The highest BCUT2D eigenvalue weighted by molar-refractivity contribution is 5.78. The summed E-state index contributed by atoms with van der Waals surface area (Å²) in [7, 11) is 1.42. The number of hydrogen-bond acceptors (Lipinski definition) is 5. The fourth-order valence-electron chi connectivity index (χ4n) is 1.80. The van der Waals surface area contributed by atoms with E-state index in [0.29, 0.717) is 11.8 Å². The molecular weight excluding hydrogens is 288 g/mol. The van der Waals surface area contributed by atoms with Crippen LogP contribution in [-0.2, 0) is 15.1 Å². The molecule has 0 fully saturated rings. The second-order valence-electron chi connectivity index (χ2n) is 6.11. The summed E-state index contributed by atoms with van der Waals surface area (Å²) >= 11 is 0. The van der Waals surface area contributed by atoms with Gasteiger partial charge in [0.05, 0.1) is 4.92 Å². The summed E-state index contributed by atoms with van der Waals surface area (Å²) in [5.74, 6) is 0. The van der Waals surface area contributed by atoms with Crippen molar-refractivity contribution in [3.05, 3.63) is 39.9 Å². The SMILES string of the molecule is CN(C(=O)OC(C)(C)C)C(C)(C=O)c1cccc([N+](=O)[O-])c1. The Labute approximate surface area is 129 Å². The van der Waals surface area contributed by atoms with Gasteiger partial charge in [-0.25, -0.2) is 4.79 Å². The lowest BCUT2D eigenvalue weighted by molar-refractivity contribution is -0.385. The minimum atomic E-state index is -1.37. The minimum absolute atomic E-state index is 0.150. The zero-order valence-corrected chi connectivity index (χ0v) is 13.3. The number of rotatable bonds is 4. The van der Waals surface area contributed by atoms with Crippen molar-refractivity contribution in [3.63, 3.8) is 0 Å². The van der Waals surface area contributed by atoms with Gasteiger partial charge in [-0.2, -0.15) is 0 Å². The molecule has 0 heterocycles. The third-order valence-electron chi connectivity index (χ3n) is 3.24. The quantitative estimate of drug-likeness (QED) is 0.484. The van der Waals surface area contributed by atoms with Crippen LogP contribution < -0.4 is 0 Å². The average molecular weight is 308 g/mol. The van der Waals surface area contributed by atoms with Gasteiger partial charge in [0.25, 0.3) is 5.69 Å². The number of carbonyl (C=O) groups is 2. The highest BCUT2D eigenvalue weighted by Gasteiger charge is 2.37. The van der Waals surface area contributed by atoms with E-state index in [-0.39, 0.29) is 5.69 Å². The van der Waals surface area contributed by atoms with Gasteiger partial charge in [0, 0.05) is 19.2 Å². The van der Waals surface area contributed by atoms with Crippen molar-refractivity contribution < 1.29 is 19.2 Å². The number of amides is 1. The summed E-state index contributed by atoms with van der Waals surface area (Å²) in [6.45, 7) is 6.64. The second kappa shape index (κ2) is 6.13. The van der Waals surface area contributed by atoms with Gasteiger partial charge in [0.1, 0.15) is 17.4 Å². The van der Waals surface area contributed by atoms with Gasteiger partial charge >= 0.3 is 6.09 Å². The summed E-state index contributed by atoms with van der Waals surface area (Å²) in [4.78, 5) is 35.2. The zero-order chi connectivity index (χ0) is 17.1. The molecule has 0 bridgehead atoms. The fraction of sp³-hybridized carbons (Fsp3) is 0.467. The molecule has 1 rings (SSSR count). The number of carbonyl (C=O) groups excluding carboxylic acids is 2. The topological polar surface area (TPSA) is 89.8 Å². The van der Waals surface area contributed by atoms with E-state index in [9.17, 15) is 19.7 Å². The van der Waals surface area contributed by atoms with Crippen molar-refractivity contribution in [2.45, 2.75) is 38.8 Å². The maximum absolute atomic E-state index is 12.2. The van der Waals surface area contributed by atoms with Gasteiger partial charge in [0.2, 0.25) is 0 Å². The lowest BCUT2D eigenvalue weighted by atomic mass is 9.92. The molecule has 0 saturated carbocycles. The molecule has 22 heavy (non-hydrogen) atoms. The average Bonchev–Trinajstić information content (AvgIpc) is 2.43. The molecule has 1 amide bonds. The molecular formula is C15H20N2O5. The van der Waals surface area contributed by atoms with Crippen molar-refractivity contribution in [2.75, 3.05) is 7.05 Å². The van der Waals surface area contributed by atoms with Gasteiger partial charge in [-0.15, -0.1) is 0 Å². The van der Waals surface area contributed by atoms with Gasteiger partial charge in [-0.05, 0) is 33.3 Å². The van der Waals surface area contributed by atoms with E-state index in [0.717, 1.165) is 4.90 Å². The number of nitro groups is 1. The van der Waals surface area contributed by atoms with Crippen molar-refractivity contribution in [3.8, 4) is 0 Å². The predicted molar refractivity (Wildman–Crippen MR) is 80.5 cm³/mol. The Balaban J connectivity index is 3.20. The van der Waals surface area contributed by atoms with E-state index in [1.54, 1.807) is 26.8 Å². The third-order valence-corrected chi connectivity index (χ3v) is 3.24. The summed E-state index contributed by atoms with van der Waals surface area (Å²) in [6.07, 6.45) is -0.121. The summed E-state index contributed by atoms with van der Waals surface area (Å²) in [6, 6.07) is 5.62. The first-order chi connectivity index (χ1) is 10.0. The molecule has 7 nitrogen and oxygen atoms in total. The molecule has 0 spiro atoms. The van der Waals surface area contributed by atoms with Crippen LogP contribution >= 0.6 is 0 Å². The third kappa shape index (κ3) is 3.81. The van der Waals surface area contributed by atoms with Crippen LogP contribution in [0.3, 0.4) is 0 Å². The molecule has 0 aromatic heterocycles. The molecule has 0 aliphatic heterocycles.